The third kappa shape index (κ3) is 5.09. The van der Waals surface area contributed by atoms with Gasteiger partial charge in [0.25, 0.3) is 5.69 Å². The van der Waals surface area contributed by atoms with Gasteiger partial charge in [-0.2, -0.15) is 0 Å². The number of nitro groups is 1. The summed E-state index contributed by atoms with van der Waals surface area (Å²) >= 11 is 0. The second-order valence-electron chi connectivity index (χ2n) is 5.27. The topological polar surface area (TPSA) is 119 Å². The lowest BCUT2D eigenvalue weighted by Gasteiger charge is -2.22. The number of amides is 1. The first-order valence-electron chi connectivity index (χ1n) is 6.07. The summed E-state index contributed by atoms with van der Waals surface area (Å²) in [5.41, 5.74) is -0.720. The number of hydrogen-bond donors (Lipinski definition) is 2. The maximum Gasteiger partial charge on any atom is 0.408 e. The third-order valence-electron chi connectivity index (χ3n) is 2.35. The molecule has 0 aliphatic carbocycles. The molecular weight excluding hydrogens is 280 g/mol. The Bertz CT molecular complexity index is 547. The molecule has 8 nitrogen and oxygen atoms in total. The molecule has 0 spiro atoms. The van der Waals surface area contributed by atoms with E-state index in [-0.39, 0.29) is 11.3 Å². The molecule has 114 valence electrons. The smallest absolute Gasteiger partial charge is 0.408 e. The number of carbonyl (C=O) groups is 2. The molecule has 0 aliphatic heterocycles. The summed E-state index contributed by atoms with van der Waals surface area (Å²) in [6.45, 7) is 4.94. The van der Waals surface area contributed by atoms with Crippen molar-refractivity contribution in [2.24, 2.45) is 0 Å². The predicted octanol–water partition coefficient (Wildman–Crippen LogP) is 2.25. The van der Waals surface area contributed by atoms with Crippen LogP contribution in [-0.4, -0.2) is 27.7 Å². The van der Waals surface area contributed by atoms with E-state index in [2.05, 4.69) is 5.32 Å². The molecule has 1 aromatic carbocycles. The molecular formula is C13H16N2O6. The van der Waals surface area contributed by atoms with Gasteiger partial charge in [0.15, 0.2) is 6.04 Å². The van der Waals surface area contributed by atoms with Crippen molar-refractivity contribution in [3.05, 3.63) is 39.9 Å². The molecule has 1 atom stereocenters. The molecule has 2 N–H and O–H groups in total. The molecule has 0 saturated heterocycles. The number of aliphatic carboxylic acids is 1. The van der Waals surface area contributed by atoms with E-state index >= 15 is 0 Å². The highest BCUT2D eigenvalue weighted by Crippen LogP contribution is 2.19. The van der Waals surface area contributed by atoms with E-state index in [9.17, 15) is 19.7 Å². The van der Waals surface area contributed by atoms with Gasteiger partial charge in [-0.3, -0.25) is 10.1 Å². The highest BCUT2D eigenvalue weighted by atomic mass is 16.6. The average Bonchev–Trinajstić information content (AvgIpc) is 2.33. The lowest BCUT2D eigenvalue weighted by atomic mass is 10.1. The van der Waals surface area contributed by atoms with E-state index < -0.39 is 28.6 Å². The van der Waals surface area contributed by atoms with Crippen molar-refractivity contribution in [1.82, 2.24) is 5.32 Å². The van der Waals surface area contributed by atoms with Crippen LogP contribution in [-0.2, 0) is 9.53 Å². The second kappa shape index (κ2) is 6.21. The number of nitrogens with zero attached hydrogens (tertiary/aromatic N) is 1. The fourth-order valence-electron chi connectivity index (χ4n) is 1.50. The minimum absolute atomic E-state index is 0.167. The van der Waals surface area contributed by atoms with Crippen LogP contribution in [0.2, 0.25) is 0 Å². The van der Waals surface area contributed by atoms with E-state index in [4.69, 9.17) is 9.84 Å². The second-order valence-corrected chi connectivity index (χ2v) is 5.27. The lowest BCUT2D eigenvalue weighted by Crippen LogP contribution is -2.38. The number of non-ortho nitro benzene ring substituents is 1. The van der Waals surface area contributed by atoms with E-state index in [1.165, 1.54) is 24.3 Å². The summed E-state index contributed by atoms with van der Waals surface area (Å²) in [6.07, 6.45) is -0.881. The Kier molecular flexibility index (Phi) is 4.85. The first-order valence-corrected chi connectivity index (χ1v) is 6.07. The zero-order valence-corrected chi connectivity index (χ0v) is 11.8. The maximum absolute atomic E-state index is 11.6. The predicted molar refractivity (Wildman–Crippen MR) is 72.8 cm³/mol. The highest BCUT2D eigenvalue weighted by Gasteiger charge is 2.25. The van der Waals surface area contributed by atoms with Gasteiger partial charge in [0, 0.05) is 12.1 Å². The lowest BCUT2D eigenvalue weighted by molar-refractivity contribution is -0.384. The Morgan fingerprint density at radius 3 is 2.19 bits per heavy atom. The molecule has 1 aromatic rings. The number of nitro benzene ring substituents is 1. The van der Waals surface area contributed by atoms with Gasteiger partial charge in [0.05, 0.1) is 4.92 Å². The van der Waals surface area contributed by atoms with Crippen LogP contribution in [0, 0.1) is 10.1 Å². The van der Waals surface area contributed by atoms with Gasteiger partial charge in [-0.1, -0.05) is 0 Å². The van der Waals surface area contributed by atoms with Crippen LogP contribution >= 0.6 is 0 Å². The number of benzene rings is 1. The Balaban J connectivity index is 2.89. The van der Waals surface area contributed by atoms with Gasteiger partial charge in [0.2, 0.25) is 0 Å². The fraction of sp³-hybridized carbons (Fsp3) is 0.385. The Labute approximate surface area is 120 Å². The number of rotatable bonds is 4. The summed E-state index contributed by atoms with van der Waals surface area (Å²) < 4.78 is 4.98. The molecule has 0 unspecified atom stereocenters. The standard InChI is InChI=1S/C13H16N2O6/c1-13(2,3)21-12(18)14-10(11(16)17)8-4-6-9(7-5-8)15(19)20/h4-7,10H,1-3H3,(H,14,18)(H,16,17)/t10-/m0/s1. The molecule has 0 heterocycles. The molecule has 21 heavy (non-hydrogen) atoms. The first-order chi connectivity index (χ1) is 9.60. The van der Waals surface area contributed by atoms with E-state index in [1.807, 2.05) is 0 Å². The SMILES string of the molecule is CC(C)(C)OC(=O)N[C@H](C(=O)O)c1ccc([N+](=O)[O-])cc1. The van der Waals surface area contributed by atoms with Crippen LogP contribution in [0.4, 0.5) is 10.5 Å². The largest absolute Gasteiger partial charge is 0.479 e. The van der Waals surface area contributed by atoms with Crippen molar-refractivity contribution in [2.75, 3.05) is 0 Å². The average molecular weight is 296 g/mol. The molecule has 0 fully saturated rings. The number of carboxylic acid groups (broad SMARTS) is 1. The van der Waals surface area contributed by atoms with Crippen molar-refractivity contribution >= 4 is 17.7 Å². The van der Waals surface area contributed by atoms with Crippen LogP contribution in [0.15, 0.2) is 24.3 Å². The zero-order valence-electron chi connectivity index (χ0n) is 11.8. The van der Waals surface area contributed by atoms with Gasteiger partial charge in [0.1, 0.15) is 5.60 Å². The molecule has 0 saturated carbocycles. The summed E-state index contributed by atoms with van der Waals surface area (Å²) in [4.78, 5) is 32.8. The normalized spacial score (nSPS) is 12.3. The van der Waals surface area contributed by atoms with Crippen LogP contribution in [0.5, 0.6) is 0 Å². The minimum Gasteiger partial charge on any atom is -0.479 e. The van der Waals surface area contributed by atoms with Crippen LogP contribution < -0.4 is 5.32 Å². The zero-order chi connectivity index (χ0) is 16.2. The maximum atomic E-state index is 11.6. The van der Waals surface area contributed by atoms with Crippen LogP contribution in [0.1, 0.15) is 32.4 Å². The van der Waals surface area contributed by atoms with Crippen molar-refractivity contribution in [1.29, 1.82) is 0 Å². The monoisotopic (exact) mass is 296 g/mol. The molecule has 0 bridgehead atoms. The summed E-state index contributed by atoms with van der Waals surface area (Å²) in [7, 11) is 0. The highest BCUT2D eigenvalue weighted by molar-refractivity contribution is 5.81. The Morgan fingerprint density at radius 1 is 1.29 bits per heavy atom. The number of ether oxygens (including phenoxy) is 1. The van der Waals surface area contributed by atoms with Gasteiger partial charge >= 0.3 is 12.1 Å². The minimum atomic E-state index is -1.35. The summed E-state index contributed by atoms with van der Waals surface area (Å²) in [5.74, 6) is -1.30. The van der Waals surface area contributed by atoms with Crippen LogP contribution in [0.25, 0.3) is 0 Å². The van der Waals surface area contributed by atoms with Crippen molar-refractivity contribution in [3.8, 4) is 0 Å². The summed E-state index contributed by atoms with van der Waals surface area (Å²) in [5, 5.41) is 21.9. The molecule has 0 radical (unpaired) electrons. The molecule has 0 aromatic heterocycles. The third-order valence-corrected chi connectivity index (χ3v) is 2.35. The number of carboxylic acids is 1. The van der Waals surface area contributed by atoms with Crippen molar-refractivity contribution in [2.45, 2.75) is 32.4 Å². The van der Waals surface area contributed by atoms with Crippen molar-refractivity contribution in [3.63, 3.8) is 0 Å². The number of carbonyl (C=O) groups excluding carboxylic acids is 1. The van der Waals surface area contributed by atoms with Crippen LogP contribution in [0.3, 0.4) is 0 Å². The quantitative estimate of drug-likeness (QED) is 0.649. The number of hydrogen-bond acceptors (Lipinski definition) is 5. The molecule has 0 aliphatic rings. The van der Waals surface area contributed by atoms with Gasteiger partial charge in [-0.25, -0.2) is 9.59 Å². The number of alkyl carbamates (subject to hydrolysis) is 1. The van der Waals surface area contributed by atoms with E-state index in [0.29, 0.717) is 0 Å². The Hall–Kier alpha value is -2.64. The van der Waals surface area contributed by atoms with E-state index in [0.717, 1.165) is 0 Å². The van der Waals surface area contributed by atoms with Gasteiger partial charge < -0.3 is 15.2 Å². The van der Waals surface area contributed by atoms with Gasteiger partial charge in [-0.05, 0) is 38.5 Å². The Morgan fingerprint density at radius 2 is 1.81 bits per heavy atom. The van der Waals surface area contributed by atoms with Crippen molar-refractivity contribution < 1.29 is 24.4 Å². The van der Waals surface area contributed by atoms with Gasteiger partial charge in [-0.15, -0.1) is 0 Å². The first kappa shape index (κ1) is 16.4. The molecule has 8 heteroatoms. The summed E-state index contributed by atoms with van der Waals surface area (Å²) in [6, 6.07) is 3.53. The van der Waals surface area contributed by atoms with E-state index in [1.54, 1.807) is 20.8 Å². The fourth-order valence-corrected chi connectivity index (χ4v) is 1.50. The molecule has 1 amide bonds. The molecule has 1 rings (SSSR count). The number of nitrogens with one attached hydrogen (secondary N) is 1.